The van der Waals surface area contributed by atoms with Gasteiger partial charge < -0.3 is 10.1 Å². The summed E-state index contributed by atoms with van der Waals surface area (Å²) in [5.41, 5.74) is 3.44. The molecule has 0 atom stereocenters. The van der Waals surface area contributed by atoms with Crippen LogP contribution in [0.5, 0.6) is 5.75 Å². The summed E-state index contributed by atoms with van der Waals surface area (Å²) in [5, 5.41) is 17.6. The molecular formula is C32H29FN4O2. The van der Waals surface area contributed by atoms with Crippen molar-refractivity contribution < 1.29 is 13.9 Å². The summed E-state index contributed by atoms with van der Waals surface area (Å²) < 4.78 is 21.5. The van der Waals surface area contributed by atoms with Gasteiger partial charge in [0.15, 0.2) is 0 Å². The van der Waals surface area contributed by atoms with Crippen molar-refractivity contribution in [1.29, 1.82) is 5.26 Å². The number of nitrogens with zero attached hydrogens (tertiary/aromatic N) is 3. The van der Waals surface area contributed by atoms with Crippen LogP contribution >= 0.6 is 0 Å². The van der Waals surface area contributed by atoms with Crippen LogP contribution in [0.4, 0.5) is 4.39 Å². The molecule has 0 unspecified atom stereocenters. The first-order chi connectivity index (χ1) is 19.1. The second-order valence-electron chi connectivity index (χ2n) is 9.60. The molecule has 1 fully saturated rings. The topological polar surface area (TPSA) is 79.9 Å². The molecule has 7 heteroatoms. The lowest BCUT2D eigenvalue weighted by Crippen LogP contribution is -2.36. The molecule has 1 amide bonds. The molecule has 0 aliphatic heterocycles. The number of carbonyl (C=O) groups excluding carboxylic acids is 1. The molecule has 0 spiro atoms. The molecule has 39 heavy (non-hydrogen) atoms. The molecule has 0 radical (unpaired) electrons. The Labute approximate surface area is 227 Å². The fourth-order valence-electron chi connectivity index (χ4n) is 4.73. The third-order valence-corrected chi connectivity index (χ3v) is 6.85. The number of ether oxygens (including phenoxy) is 1. The molecule has 5 rings (SSSR count). The Kier molecular flexibility index (Phi) is 8.13. The Hall–Kier alpha value is -4.70. The van der Waals surface area contributed by atoms with Gasteiger partial charge in [0.1, 0.15) is 29.8 Å². The van der Waals surface area contributed by atoms with Crippen LogP contribution in [0.15, 0.2) is 90.6 Å². The first kappa shape index (κ1) is 25.9. The van der Waals surface area contributed by atoms with Gasteiger partial charge in [-0.25, -0.2) is 9.07 Å². The molecule has 1 aromatic heterocycles. The standard InChI is InChI=1S/C32H29FN4O2/c33-30-14-8-7-9-24(30)22-39-29-17-15-23(16-18-29)31-26(21-37(36-31)28-12-5-2-6-13-28)19-25(20-34)32(38)35-27-10-3-1-4-11-27/h2,5-9,12-19,21,27H,1,3-4,10-11,22H2,(H,35,38)/b25-19+. The van der Waals surface area contributed by atoms with Gasteiger partial charge >= 0.3 is 0 Å². The van der Waals surface area contributed by atoms with E-state index in [4.69, 9.17) is 9.84 Å². The SMILES string of the molecule is N#C/C(=C\c1cn(-c2ccccc2)nc1-c1ccc(OCc2ccccc2F)cc1)C(=O)NC1CCCCC1. The number of aromatic nitrogens is 2. The van der Waals surface area contributed by atoms with Gasteiger partial charge in [-0.05, 0) is 61.4 Å². The number of halogens is 1. The summed E-state index contributed by atoms with van der Waals surface area (Å²) >= 11 is 0. The number of amides is 1. The molecule has 0 saturated heterocycles. The van der Waals surface area contributed by atoms with Gasteiger partial charge in [-0.2, -0.15) is 10.4 Å². The minimum atomic E-state index is -0.361. The van der Waals surface area contributed by atoms with E-state index in [1.807, 2.05) is 48.7 Å². The van der Waals surface area contributed by atoms with Crippen LogP contribution in [0, 0.1) is 17.1 Å². The van der Waals surface area contributed by atoms with Crippen LogP contribution in [0.3, 0.4) is 0 Å². The second-order valence-corrected chi connectivity index (χ2v) is 9.60. The lowest BCUT2D eigenvalue weighted by Gasteiger charge is -2.22. The zero-order valence-electron chi connectivity index (χ0n) is 21.5. The molecule has 0 bridgehead atoms. The highest BCUT2D eigenvalue weighted by atomic mass is 19.1. The summed E-state index contributed by atoms with van der Waals surface area (Å²) in [6, 6.07) is 25.7. The number of benzene rings is 3. The van der Waals surface area contributed by atoms with Gasteiger partial charge in [-0.15, -0.1) is 0 Å². The van der Waals surface area contributed by atoms with Crippen LogP contribution in [-0.2, 0) is 11.4 Å². The van der Waals surface area contributed by atoms with Crippen molar-refractivity contribution in [3.8, 4) is 28.8 Å². The number of carbonyl (C=O) groups is 1. The van der Waals surface area contributed by atoms with E-state index in [9.17, 15) is 14.4 Å². The zero-order chi connectivity index (χ0) is 27.0. The number of hydrogen-bond donors (Lipinski definition) is 1. The number of hydrogen-bond acceptors (Lipinski definition) is 4. The maximum absolute atomic E-state index is 13.9. The lowest BCUT2D eigenvalue weighted by atomic mass is 9.95. The molecule has 1 saturated carbocycles. The molecule has 1 N–H and O–H groups in total. The van der Waals surface area contributed by atoms with E-state index in [1.54, 1.807) is 41.1 Å². The molecular weight excluding hydrogens is 491 g/mol. The van der Waals surface area contributed by atoms with E-state index >= 15 is 0 Å². The van der Waals surface area contributed by atoms with Crippen molar-refractivity contribution in [1.82, 2.24) is 15.1 Å². The Morgan fingerprint density at radius 3 is 2.46 bits per heavy atom. The summed E-state index contributed by atoms with van der Waals surface area (Å²) in [7, 11) is 0. The van der Waals surface area contributed by atoms with E-state index in [1.165, 1.54) is 12.5 Å². The minimum absolute atomic E-state index is 0.0410. The van der Waals surface area contributed by atoms with Gasteiger partial charge in [0.2, 0.25) is 0 Å². The minimum Gasteiger partial charge on any atom is -0.489 e. The molecule has 1 heterocycles. The maximum Gasteiger partial charge on any atom is 0.262 e. The first-order valence-corrected chi connectivity index (χ1v) is 13.1. The Balaban J connectivity index is 1.42. The average molecular weight is 521 g/mol. The Morgan fingerprint density at radius 1 is 1.03 bits per heavy atom. The van der Waals surface area contributed by atoms with E-state index < -0.39 is 0 Å². The fraction of sp³-hybridized carbons (Fsp3) is 0.219. The Bertz CT molecular complexity index is 1500. The summed E-state index contributed by atoms with van der Waals surface area (Å²) in [6.45, 7) is 0.115. The summed E-state index contributed by atoms with van der Waals surface area (Å²) in [5.74, 6) is -0.0799. The molecule has 6 nitrogen and oxygen atoms in total. The second kappa shape index (κ2) is 12.2. The van der Waals surface area contributed by atoms with Gasteiger partial charge in [-0.3, -0.25) is 4.79 Å². The lowest BCUT2D eigenvalue weighted by molar-refractivity contribution is -0.117. The number of nitrogens with one attached hydrogen (secondary N) is 1. The van der Waals surface area contributed by atoms with Gasteiger partial charge in [0, 0.05) is 28.9 Å². The zero-order valence-corrected chi connectivity index (χ0v) is 21.5. The van der Waals surface area contributed by atoms with Crippen molar-refractivity contribution in [3.63, 3.8) is 0 Å². The van der Waals surface area contributed by atoms with Gasteiger partial charge in [0.05, 0.1) is 11.4 Å². The molecule has 196 valence electrons. The highest BCUT2D eigenvalue weighted by molar-refractivity contribution is 6.02. The summed E-state index contributed by atoms with van der Waals surface area (Å²) in [6.07, 6.45) is 8.65. The third kappa shape index (κ3) is 6.42. The maximum atomic E-state index is 13.9. The molecule has 1 aliphatic carbocycles. The number of nitriles is 1. The third-order valence-electron chi connectivity index (χ3n) is 6.85. The normalized spacial score (nSPS) is 14.0. The van der Waals surface area contributed by atoms with E-state index in [0.717, 1.165) is 36.9 Å². The number of rotatable bonds is 8. The predicted molar refractivity (Wildman–Crippen MR) is 148 cm³/mol. The van der Waals surface area contributed by atoms with Gasteiger partial charge in [-0.1, -0.05) is 55.7 Å². The first-order valence-electron chi connectivity index (χ1n) is 13.1. The van der Waals surface area contributed by atoms with Crippen molar-refractivity contribution in [2.24, 2.45) is 0 Å². The van der Waals surface area contributed by atoms with Crippen LogP contribution in [0.1, 0.15) is 43.2 Å². The molecule has 1 aliphatic rings. The van der Waals surface area contributed by atoms with Gasteiger partial charge in [0.25, 0.3) is 5.91 Å². The van der Waals surface area contributed by atoms with E-state index in [2.05, 4.69) is 11.4 Å². The monoisotopic (exact) mass is 520 g/mol. The summed E-state index contributed by atoms with van der Waals surface area (Å²) in [4.78, 5) is 13.0. The van der Waals surface area contributed by atoms with Crippen LogP contribution in [0.2, 0.25) is 0 Å². The average Bonchev–Trinajstić information content (AvgIpc) is 3.40. The highest BCUT2D eigenvalue weighted by Crippen LogP contribution is 2.28. The quantitative estimate of drug-likeness (QED) is 0.209. The highest BCUT2D eigenvalue weighted by Gasteiger charge is 2.20. The van der Waals surface area contributed by atoms with Crippen LogP contribution in [-0.4, -0.2) is 21.7 Å². The molecule has 4 aromatic rings. The van der Waals surface area contributed by atoms with Crippen molar-refractivity contribution >= 4 is 12.0 Å². The predicted octanol–water partition coefficient (Wildman–Crippen LogP) is 6.61. The van der Waals surface area contributed by atoms with Crippen molar-refractivity contribution in [2.75, 3.05) is 0 Å². The van der Waals surface area contributed by atoms with Crippen LogP contribution in [0.25, 0.3) is 23.0 Å². The van der Waals surface area contributed by atoms with Crippen molar-refractivity contribution in [2.45, 2.75) is 44.8 Å². The number of para-hydroxylation sites is 1. The van der Waals surface area contributed by atoms with E-state index in [0.29, 0.717) is 22.6 Å². The fourth-order valence-corrected chi connectivity index (χ4v) is 4.73. The smallest absolute Gasteiger partial charge is 0.262 e. The van der Waals surface area contributed by atoms with Crippen LogP contribution < -0.4 is 10.1 Å². The largest absolute Gasteiger partial charge is 0.489 e. The Morgan fingerprint density at radius 2 is 1.74 bits per heavy atom. The van der Waals surface area contributed by atoms with Crippen molar-refractivity contribution in [3.05, 3.63) is 108 Å². The van der Waals surface area contributed by atoms with E-state index in [-0.39, 0.29) is 29.9 Å². The molecule has 3 aromatic carbocycles.